The van der Waals surface area contributed by atoms with Gasteiger partial charge in [-0.1, -0.05) is 57.0 Å². The molecule has 1 aromatic rings. The third kappa shape index (κ3) is 5.29. The van der Waals surface area contributed by atoms with Gasteiger partial charge in [-0.15, -0.1) is 12.4 Å². The Balaban J connectivity index is 0.00000242. The number of nitrogens with two attached hydrogens (primary N) is 1. The molecule has 0 aliphatic heterocycles. The summed E-state index contributed by atoms with van der Waals surface area (Å²) in [5, 5.41) is 3.09. The van der Waals surface area contributed by atoms with Crippen molar-refractivity contribution in [3.05, 3.63) is 35.9 Å². The Labute approximate surface area is 140 Å². The van der Waals surface area contributed by atoms with E-state index >= 15 is 0 Å². The Morgan fingerprint density at radius 3 is 2.50 bits per heavy atom. The van der Waals surface area contributed by atoms with Crippen molar-refractivity contribution in [3.8, 4) is 0 Å². The quantitative estimate of drug-likeness (QED) is 0.872. The highest BCUT2D eigenvalue weighted by atomic mass is 35.5. The molecule has 1 aliphatic rings. The lowest BCUT2D eigenvalue weighted by Crippen LogP contribution is -2.40. The largest absolute Gasteiger partial charge is 0.355 e. The summed E-state index contributed by atoms with van der Waals surface area (Å²) in [6.45, 7) is 4.99. The van der Waals surface area contributed by atoms with Gasteiger partial charge < -0.3 is 11.1 Å². The fraction of sp³-hybridized carbons (Fsp3) is 0.611. The van der Waals surface area contributed by atoms with Crippen molar-refractivity contribution in [3.63, 3.8) is 0 Å². The van der Waals surface area contributed by atoms with Gasteiger partial charge in [0.15, 0.2) is 0 Å². The van der Waals surface area contributed by atoms with Gasteiger partial charge in [-0.2, -0.15) is 0 Å². The van der Waals surface area contributed by atoms with Crippen molar-refractivity contribution in [2.45, 2.75) is 57.4 Å². The van der Waals surface area contributed by atoms with Crippen LogP contribution in [0.3, 0.4) is 0 Å². The van der Waals surface area contributed by atoms with Crippen molar-refractivity contribution in [2.75, 3.05) is 6.54 Å². The van der Waals surface area contributed by atoms with Gasteiger partial charge in [0.2, 0.25) is 5.91 Å². The lowest BCUT2D eigenvalue weighted by Gasteiger charge is -2.29. The third-order valence-corrected chi connectivity index (χ3v) is 4.70. The summed E-state index contributed by atoms with van der Waals surface area (Å²) >= 11 is 0. The minimum Gasteiger partial charge on any atom is -0.355 e. The van der Waals surface area contributed by atoms with E-state index in [4.69, 9.17) is 5.73 Å². The van der Waals surface area contributed by atoms with Gasteiger partial charge in [0.05, 0.1) is 0 Å². The molecule has 4 heteroatoms. The Kier molecular flexibility index (Phi) is 7.37. The van der Waals surface area contributed by atoms with Gasteiger partial charge in [-0.25, -0.2) is 0 Å². The maximum atomic E-state index is 12.2. The highest BCUT2D eigenvalue weighted by Crippen LogP contribution is 2.26. The first-order chi connectivity index (χ1) is 9.99. The first kappa shape index (κ1) is 19.0. The average molecular weight is 325 g/mol. The van der Waals surface area contributed by atoms with Crippen LogP contribution in [0.4, 0.5) is 0 Å². The summed E-state index contributed by atoms with van der Waals surface area (Å²) in [6, 6.07) is 10.5. The molecule has 0 spiro atoms. The highest BCUT2D eigenvalue weighted by Gasteiger charge is 2.26. The van der Waals surface area contributed by atoms with E-state index in [0.29, 0.717) is 18.9 Å². The van der Waals surface area contributed by atoms with Crippen molar-refractivity contribution in [1.29, 1.82) is 0 Å². The number of rotatable bonds is 5. The summed E-state index contributed by atoms with van der Waals surface area (Å²) in [5.74, 6) is 0.500. The van der Waals surface area contributed by atoms with Crippen LogP contribution in [0.2, 0.25) is 0 Å². The zero-order valence-electron chi connectivity index (χ0n) is 13.7. The van der Waals surface area contributed by atoms with E-state index in [-0.39, 0.29) is 29.8 Å². The normalized spacial score (nSPS) is 21.8. The molecule has 3 N–H and O–H groups in total. The van der Waals surface area contributed by atoms with E-state index in [2.05, 4.69) is 31.3 Å². The Morgan fingerprint density at radius 2 is 1.86 bits per heavy atom. The molecule has 0 bridgehead atoms. The molecule has 1 fully saturated rings. The number of nitrogens with one attached hydrogen (secondary N) is 1. The van der Waals surface area contributed by atoms with E-state index in [1.54, 1.807) is 0 Å². The minimum absolute atomic E-state index is 0. The second-order valence-corrected chi connectivity index (χ2v) is 6.94. The second kappa shape index (κ2) is 8.54. The molecule has 1 saturated carbocycles. The second-order valence-electron chi connectivity index (χ2n) is 6.94. The summed E-state index contributed by atoms with van der Waals surface area (Å²) in [4.78, 5) is 12.2. The van der Waals surface area contributed by atoms with Crippen LogP contribution in [0, 0.1) is 5.92 Å². The summed E-state index contributed by atoms with van der Waals surface area (Å²) in [7, 11) is 0. The highest BCUT2D eigenvalue weighted by molar-refractivity contribution is 5.85. The molecule has 0 radical (unpaired) electrons. The van der Waals surface area contributed by atoms with Crippen molar-refractivity contribution < 1.29 is 4.79 Å². The summed E-state index contributed by atoms with van der Waals surface area (Å²) < 4.78 is 0. The van der Waals surface area contributed by atoms with Gasteiger partial charge in [0, 0.05) is 24.4 Å². The molecule has 2 atom stereocenters. The SMILES string of the molecule is CC(C)(CNC(=O)CC1CCCCC1N)c1ccccc1.Cl. The van der Waals surface area contributed by atoms with Gasteiger partial charge in [-0.05, 0) is 24.3 Å². The molecular weight excluding hydrogens is 296 g/mol. The zero-order chi connectivity index (χ0) is 15.3. The van der Waals surface area contributed by atoms with Crippen LogP contribution in [0.5, 0.6) is 0 Å². The Morgan fingerprint density at radius 1 is 1.23 bits per heavy atom. The maximum absolute atomic E-state index is 12.2. The Hall–Kier alpha value is -1.06. The zero-order valence-corrected chi connectivity index (χ0v) is 14.5. The molecule has 2 unspecified atom stereocenters. The van der Waals surface area contributed by atoms with E-state index in [0.717, 1.165) is 12.8 Å². The van der Waals surface area contributed by atoms with Gasteiger partial charge in [0.25, 0.3) is 0 Å². The maximum Gasteiger partial charge on any atom is 0.220 e. The van der Waals surface area contributed by atoms with Crippen LogP contribution < -0.4 is 11.1 Å². The number of hydrogen-bond donors (Lipinski definition) is 2. The van der Waals surface area contributed by atoms with Crippen molar-refractivity contribution in [2.24, 2.45) is 11.7 Å². The molecule has 0 aromatic heterocycles. The molecule has 1 aliphatic carbocycles. The van der Waals surface area contributed by atoms with Crippen LogP contribution in [0.25, 0.3) is 0 Å². The molecule has 1 aromatic carbocycles. The predicted molar refractivity (Wildman–Crippen MR) is 94.3 cm³/mol. The lowest BCUT2D eigenvalue weighted by molar-refractivity contribution is -0.122. The number of halogens is 1. The van der Waals surface area contributed by atoms with Gasteiger partial charge >= 0.3 is 0 Å². The van der Waals surface area contributed by atoms with Gasteiger partial charge in [0.1, 0.15) is 0 Å². The monoisotopic (exact) mass is 324 g/mol. The van der Waals surface area contributed by atoms with Crippen molar-refractivity contribution >= 4 is 18.3 Å². The van der Waals surface area contributed by atoms with E-state index in [1.165, 1.54) is 18.4 Å². The van der Waals surface area contributed by atoms with E-state index in [9.17, 15) is 4.79 Å². The Bertz CT molecular complexity index is 461. The number of benzene rings is 1. The fourth-order valence-electron chi connectivity index (χ4n) is 3.11. The summed E-state index contributed by atoms with van der Waals surface area (Å²) in [5.41, 5.74) is 7.32. The average Bonchev–Trinajstić information content (AvgIpc) is 2.49. The van der Waals surface area contributed by atoms with Crippen LogP contribution in [0.1, 0.15) is 51.5 Å². The molecule has 3 nitrogen and oxygen atoms in total. The first-order valence-corrected chi connectivity index (χ1v) is 8.07. The molecule has 2 rings (SSSR count). The lowest BCUT2D eigenvalue weighted by atomic mass is 9.82. The number of carbonyl (C=O) groups excluding carboxylic acids is 1. The smallest absolute Gasteiger partial charge is 0.220 e. The molecule has 22 heavy (non-hydrogen) atoms. The fourth-order valence-corrected chi connectivity index (χ4v) is 3.11. The number of hydrogen-bond acceptors (Lipinski definition) is 2. The van der Waals surface area contributed by atoms with Crippen molar-refractivity contribution in [1.82, 2.24) is 5.32 Å². The van der Waals surface area contributed by atoms with E-state index in [1.807, 2.05) is 18.2 Å². The van der Waals surface area contributed by atoms with Gasteiger partial charge in [-0.3, -0.25) is 4.79 Å². The minimum atomic E-state index is -0.0500. The molecule has 1 amide bonds. The molecule has 0 heterocycles. The first-order valence-electron chi connectivity index (χ1n) is 8.07. The topological polar surface area (TPSA) is 55.1 Å². The summed E-state index contributed by atoms with van der Waals surface area (Å²) in [6.07, 6.45) is 5.15. The predicted octanol–water partition coefficient (Wildman–Crippen LogP) is 3.41. The molecule has 0 saturated heterocycles. The van der Waals surface area contributed by atoms with E-state index < -0.39 is 0 Å². The molecular formula is C18H29ClN2O. The number of amides is 1. The molecule has 124 valence electrons. The van der Waals surface area contributed by atoms with Crippen LogP contribution in [-0.4, -0.2) is 18.5 Å². The third-order valence-electron chi connectivity index (χ3n) is 4.70. The standard InChI is InChI=1S/C18H28N2O.ClH/c1-18(2,15-9-4-3-5-10-15)13-20-17(21)12-14-8-6-7-11-16(14)19;/h3-5,9-10,14,16H,6-8,11-13,19H2,1-2H3,(H,20,21);1H. The van der Waals surface area contributed by atoms with Crippen LogP contribution in [0.15, 0.2) is 30.3 Å². The number of carbonyl (C=O) groups is 1. The van der Waals surface area contributed by atoms with Crippen LogP contribution >= 0.6 is 12.4 Å². The van der Waals surface area contributed by atoms with Crippen LogP contribution in [-0.2, 0) is 10.2 Å².